The lowest BCUT2D eigenvalue weighted by Gasteiger charge is -2.26. The standard InChI is InChI=1S/C14H16F3NO5S/c1-13(2,3)23-12(19)18-11(8-22-24(18,20)21)9-4-6-10(7-5-9)14(15,16)17/h4-7,11H,8H2,1-3H3/t11-/m1/s1. The number of carbonyl (C=O) groups excluding carboxylic acids is 1. The first kappa shape index (κ1) is 18.5. The molecule has 2 rings (SSSR count). The molecule has 1 aromatic carbocycles. The van der Waals surface area contributed by atoms with Crippen molar-refractivity contribution in [1.82, 2.24) is 4.31 Å². The third-order valence-corrected chi connectivity index (χ3v) is 4.41. The molecule has 1 fully saturated rings. The maximum absolute atomic E-state index is 12.6. The second kappa shape index (κ2) is 5.92. The molecule has 1 atom stereocenters. The van der Waals surface area contributed by atoms with Crippen molar-refractivity contribution < 1.29 is 35.3 Å². The van der Waals surface area contributed by atoms with Gasteiger partial charge in [-0.3, -0.25) is 4.18 Å². The highest BCUT2D eigenvalue weighted by Crippen LogP contribution is 2.35. The number of amides is 1. The fourth-order valence-electron chi connectivity index (χ4n) is 2.08. The monoisotopic (exact) mass is 367 g/mol. The number of hydrogen-bond acceptors (Lipinski definition) is 5. The Bertz CT molecular complexity index is 722. The minimum atomic E-state index is -4.51. The van der Waals surface area contributed by atoms with E-state index in [0.29, 0.717) is 4.31 Å². The molecule has 0 unspecified atom stereocenters. The summed E-state index contributed by atoms with van der Waals surface area (Å²) in [5.74, 6) is 0. The molecule has 6 nitrogen and oxygen atoms in total. The van der Waals surface area contributed by atoms with Crippen molar-refractivity contribution in [2.75, 3.05) is 6.61 Å². The van der Waals surface area contributed by atoms with Gasteiger partial charge in [0.25, 0.3) is 0 Å². The van der Waals surface area contributed by atoms with Crippen molar-refractivity contribution >= 4 is 16.4 Å². The first-order chi connectivity index (χ1) is 10.8. The van der Waals surface area contributed by atoms with Crippen LogP contribution in [0, 0.1) is 0 Å². The average Bonchev–Trinajstić information content (AvgIpc) is 2.71. The van der Waals surface area contributed by atoms with Gasteiger partial charge in [-0.1, -0.05) is 12.1 Å². The second-order valence-corrected chi connectivity index (χ2v) is 7.64. The summed E-state index contributed by atoms with van der Waals surface area (Å²) in [4.78, 5) is 12.2. The molecule has 0 saturated carbocycles. The lowest BCUT2D eigenvalue weighted by molar-refractivity contribution is -0.137. The van der Waals surface area contributed by atoms with Crippen LogP contribution in [0.5, 0.6) is 0 Å². The van der Waals surface area contributed by atoms with Crippen LogP contribution in [0.2, 0.25) is 0 Å². The van der Waals surface area contributed by atoms with Crippen LogP contribution in [0.25, 0.3) is 0 Å². The number of alkyl halides is 3. The molecule has 1 saturated heterocycles. The summed E-state index contributed by atoms with van der Waals surface area (Å²) in [6.45, 7) is 4.28. The zero-order valence-corrected chi connectivity index (χ0v) is 13.9. The maximum Gasteiger partial charge on any atom is 0.426 e. The van der Waals surface area contributed by atoms with E-state index in [0.717, 1.165) is 24.3 Å². The van der Waals surface area contributed by atoms with Crippen molar-refractivity contribution in [2.45, 2.75) is 38.6 Å². The Morgan fingerprint density at radius 3 is 2.21 bits per heavy atom. The SMILES string of the molecule is CC(C)(C)OC(=O)N1[C@@H](c2ccc(C(F)(F)F)cc2)COS1(=O)=O. The molecule has 0 aliphatic carbocycles. The van der Waals surface area contributed by atoms with Crippen LogP contribution in [0.15, 0.2) is 24.3 Å². The minimum Gasteiger partial charge on any atom is -0.443 e. The highest BCUT2D eigenvalue weighted by molar-refractivity contribution is 7.85. The fraction of sp³-hybridized carbons (Fsp3) is 0.500. The van der Waals surface area contributed by atoms with Crippen LogP contribution in [-0.4, -0.2) is 31.0 Å². The predicted octanol–water partition coefficient (Wildman–Crippen LogP) is 3.26. The number of rotatable bonds is 1. The molecule has 1 amide bonds. The van der Waals surface area contributed by atoms with Crippen molar-refractivity contribution in [2.24, 2.45) is 0 Å². The van der Waals surface area contributed by atoms with Crippen LogP contribution < -0.4 is 0 Å². The Balaban J connectivity index is 2.33. The number of hydrogen-bond donors (Lipinski definition) is 0. The average molecular weight is 367 g/mol. The van der Waals surface area contributed by atoms with E-state index in [2.05, 4.69) is 4.18 Å². The number of ether oxygens (including phenoxy) is 1. The molecule has 0 aromatic heterocycles. The van der Waals surface area contributed by atoms with Crippen molar-refractivity contribution in [3.63, 3.8) is 0 Å². The first-order valence-electron chi connectivity index (χ1n) is 6.90. The number of halogens is 3. The summed E-state index contributed by atoms with van der Waals surface area (Å²) in [7, 11) is -4.36. The van der Waals surface area contributed by atoms with Gasteiger partial charge < -0.3 is 4.74 Å². The van der Waals surface area contributed by atoms with E-state index in [9.17, 15) is 26.4 Å². The molecule has 1 aliphatic heterocycles. The van der Waals surface area contributed by atoms with Crippen LogP contribution in [0.4, 0.5) is 18.0 Å². The Hall–Kier alpha value is -1.81. The Morgan fingerprint density at radius 2 is 1.75 bits per heavy atom. The molecule has 1 heterocycles. The molecule has 24 heavy (non-hydrogen) atoms. The lowest BCUT2D eigenvalue weighted by Crippen LogP contribution is -2.39. The summed E-state index contributed by atoms with van der Waals surface area (Å²) in [5.41, 5.74) is -1.63. The van der Waals surface area contributed by atoms with Gasteiger partial charge in [0.15, 0.2) is 0 Å². The molecular weight excluding hydrogens is 351 g/mol. The van der Waals surface area contributed by atoms with E-state index < -0.39 is 46.4 Å². The highest BCUT2D eigenvalue weighted by atomic mass is 32.2. The molecule has 0 spiro atoms. The summed E-state index contributed by atoms with van der Waals surface area (Å²) in [6.07, 6.45) is -5.66. The van der Waals surface area contributed by atoms with Crippen molar-refractivity contribution in [3.8, 4) is 0 Å². The van der Waals surface area contributed by atoms with Crippen LogP contribution in [-0.2, 0) is 25.4 Å². The summed E-state index contributed by atoms with van der Waals surface area (Å²) >= 11 is 0. The van der Waals surface area contributed by atoms with E-state index in [1.54, 1.807) is 20.8 Å². The van der Waals surface area contributed by atoms with Gasteiger partial charge in [-0.2, -0.15) is 25.9 Å². The van der Waals surface area contributed by atoms with Gasteiger partial charge in [0.1, 0.15) is 11.6 Å². The summed E-state index contributed by atoms with van der Waals surface area (Å²) in [5, 5.41) is 0. The molecule has 0 radical (unpaired) electrons. The van der Waals surface area contributed by atoms with E-state index >= 15 is 0 Å². The Kier molecular flexibility index (Phi) is 4.57. The molecule has 0 N–H and O–H groups in total. The maximum atomic E-state index is 12.6. The minimum absolute atomic E-state index is 0.190. The van der Waals surface area contributed by atoms with Gasteiger partial charge in [-0.05, 0) is 38.5 Å². The third kappa shape index (κ3) is 3.99. The molecule has 1 aliphatic rings. The quantitative estimate of drug-likeness (QED) is 0.762. The van der Waals surface area contributed by atoms with Crippen LogP contribution >= 0.6 is 0 Å². The zero-order chi connectivity index (χ0) is 18.3. The first-order valence-corrected chi connectivity index (χ1v) is 8.27. The molecular formula is C14H16F3NO5S. The molecule has 1 aromatic rings. The topological polar surface area (TPSA) is 72.9 Å². The number of carbonyl (C=O) groups is 1. The second-order valence-electron chi connectivity index (χ2n) is 6.15. The molecule has 10 heteroatoms. The van der Waals surface area contributed by atoms with Gasteiger partial charge in [-0.15, -0.1) is 0 Å². The number of nitrogens with zero attached hydrogens (tertiary/aromatic N) is 1. The van der Waals surface area contributed by atoms with Gasteiger partial charge in [0.05, 0.1) is 12.2 Å². The predicted molar refractivity (Wildman–Crippen MR) is 77.1 cm³/mol. The fourth-order valence-corrected chi connectivity index (χ4v) is 3.21. The lowest BCUT2D eigenvalue weighted by atomic mass is 10.1. The summed E-state index contributed by atoms with van der Waals surface area (Å²) < 4.78 is 71.7. The van der Waals surface area contributed by atoms with Crippen LogP contribution in [0.1, 0.15) is 37.9 Å². The highest BCUT2D eigenvalue weighted by Gasteiger charge is 2.45. The van der Waals surface area contributed by atoms with Crippen molar-refractivity contribution in [1.29, 1.82) is 0 Å². The van der Waals surface area contributed by atoms with Gasteiger partial charge in [-0.25, -0.2) is 4.79 Å². The van der Waals surface area contributed by atoms with Gasteiger partial charge in [0, 0.05) is 0 Å². The normalized spacial score (nSPS) is 20.9. The third-order valence-electron chi connectivity index (χ3n) is 3.10. The molecule has 134 valence electrons. The summed E-state index contributed by atoms with van der Waals surface area (Å²) in [6, 6.07) is 2.75. The van der Waals surface area contributed by atoms with Gasteiger partial charge >= 0.3 is 22.6 Å². The van der Waals surface area contributed by atoms with E-state index in [-0.39, 0.29) is 5.56 Å². The van der Waals surface area contributed by atoms with E-state index in [4.69, 9.17) is 4.74 Å². The Labute approximate surface area is 137 Å². The van der Waals surface area contributed by atoms with Crippen molar-refractivity contribution in [3.05, 3.63) is 35.4 Å². The smallest absolute Gasteiger partial charge is 0.426 e. The zero-order valence-electron chi connectivity index (χ0n) is 13.1. The largest absolute Gasteiger partial charge is 0.443 e. The van der Waals surface area contributed by atoms with Crippen LogP contribution in [0.3, 0.4) is 0 Å². The molecule has 0 bridgehead atoms. The Morgan fingerprint density at radius 1 is 1.21 bits per heavy atom. The van der Waals surface area contributed by atoms with E-state index in [1.165, 1.54) is 0 Å². The van der Waals surface area contributed by atoms with Gasteiger partial charge in [0.2, 0.25) is 0 Å². The van der Waals surface area contributed by atoms with E-state index in [1.807, 2.05) is 0 Å². The number of benzene rings is 1.